The molecule has 1 N–H and O–H groups in total. The Balaban J connectivity index is 0.00000169. The van der Waals surface area contributed by atoms with E-state index in [4.69, 9.17) is 4.74 Å². The Morgan fingerprint density at radius 1 is 1.00 bits per heavy atom. The van der Waals surface area contributed by atoms with Crippen molar-refractivity contribution in [2.75, 3.05) is 32.8 Å². The Bertz CT molecular complexity index is 901. The summed E-state index contributed by atoms with van der Waals surface area (Å²) < 4.78 is 5.38. The number of nitrogens with one attached hydrogen (secondary N) is 1. The van der Waals surface area contributed by atoms with Crippen LogP contribution in [-0.2, 0) is 11.2 Å². The summed E-state index contributed by atoms with van der Waals surface area (Å²) >= 11 is 0. The van der Waals surface area contributed by atoms with Crippen molar-refractivity contribution in [3.8, 4) is 0 Å². The van der Waals surface area contributed by atoms with Crippen LogP contribution in [-0.4, -0.2) is 42.7 Å². The van der Waals surface area contributed by atoms with E-state index in [1.165, 1.54) is 5.56 Å². The normalized spacial score (nSPS) is 15.5. The molecule has 2 heterocycles. The molecule has 1 aromatic heterocycles. The molecule has 24 heavy (non-hydrogen) atoms. The lowest BCUT2D eigenvalue weighted by Gasteiger charge is -2.26. The quantitative estimate of drug-likeness (QED) is 0.743. The molecule has 0 spiro atoms. The van der Waals surface area contributed by atoms with Gasteiger partial charge in [-0.3, -0.25) is 9.69 Å². The summed E-state index contributed by atoms with van der Waals surface area (Å²) in [6, 6.07) is 14.2. The monoisotopic (exact) mass is 344 g/mol. The molecule has 3 aromatic rings. The van der Waals surface area contributed by atoms with Gasteiger partial charge in [0.05, 0.1) is 13.2 Å². The van der Waals surface area contributed by atoms with Crippen molar-refractivity contribution >= 4 is 34.1 Å². The number of fused-ring (bicyclic) bond motifs is 3. The number of aromatic amines is 1. The minimum absolute atomic E-state index is 0. The topological polar surface area (TPSA) is 45.3 Å². The number of hydrogen-bond acceptors (Lipinski definition) is 3. The first-order chi connectivity index (χ1) is 11.3. The first-order valence-corrected chi connectivity index (χ1v) is 8.15. The van der Waals surface area contributed by atoms with Crippen LogP contribution in [0.3, 0.4) is 0 Å². The Labute approximate surface area is 146 Å². The van der Waals surface area contributed by atoms with Crippen molar-refractivity contribution in [2.45, 2.75) is 6.42 Å². The number of ether oxygens (including phenoxy) is 1. The SMILES string of the molecule is Cl.O=c1[nH]c2cc(CCN3CCOCC3)ccc2c2ccccc12. The molecule has 1 saturated heterocycles. The zero-order valence-electron chi connectivity index (χ0n) is 13.5. The van der Waals surface area contributed by atoms with Gasteiger partial charge >= 0.3 is 0 Å². The van der Waals surface area contributed by atoms with Gasteiger partial charge < -0.3 is 9.72 Å². The third kappa shape index (κ3) is 3.31. The van der Waals surface area contributed by atoms with Crippen molar-refractivity contribution in [1.29, 1.82) is 0 Å². The van der Waals surface area contributed by atoms with Crippen LogP contribution in [0.5, 0.6) is 0 Å². The van der Waals surface area contributed by atoms with Crippen LogP contribution >= 0.6 is 12.4 Å². The number of rotatable bonds is 3. The third-order valence-electron chi connectivity index (χ3n) is 4.61. The van der Waals surface area contributed by atoms with Gasteiger partial charge in [-0.05, 0) is 29.5 Å². The van der Waals surface area contributed by atoms with Gasteiger partial charge in [-0.2, -0.15) is 0 Å². The van der Waals surface area contributed by atoms with Gasteiger partial charge in [-0.25, -0.2) is 0 Å². The van der Waals surface area contributed by atoms with Crippen LogP contribution in [0.2, 0.25) is 0 Å². The highest BCUT2D eigenvalue weighted by atomic mass is 35.5. The molecule has 0 amide bonds. The van der Waals surface area contributed by atoms with Gasteiger partial charge in [0, 0.05) is 35.9 Å². The van der Waals surface area contributed by atoms with Crippen LogP contribution in [0.4, 0.5) is 0 Å². The largest absolute Gasteiger partial charge is 0.379 e. The average molecular weight is 345 g/mol. The number of H-pyrrole nitrogens is 1. The van der Waals surface area contributed by atoms with Gasteiger partial charge in [0.1, 0.15) is 0 Å². The molecule has 0 atom stereocenters. The number of halogens is 1. The van der Waals surface area contributed by atoms with Gasteiger partial charge in [0.2, 0.25) is 0 Å². The van der Waals surface area contributed by atoms with E-state index in [-0.39, 0.29) is 18.0 Å². The maximum Gasteiger partial charge on any atom is 0.256 e. The van der Waals surface area contributed by atoms with Crippen LogP contribution in [0.1, 0.15) is 5.56 Å². The molecule has 1 aliphatic rings. The summed E-state index contributed by atoms with van der Waals surface area (Å²) in [5.41, 5.74) is 2.17. The summed E-state index contributed by atoms with van der Waals surface area (Å²) in [6.45, 7) is 4.71. The first-order valence-electron chi connectivity index (χ1n) is 8.15. The second-order valence-electron chi connectivity index (χ2n) is 6.08. The van der Waals surface area contributed by atoms with Crippen LogP contribution in [0, 0.1) is 0 Å². The lowest BCUT2D eigenvalue weighted by Crippen LogP contribution is -2.37. The molecule has 0 unspecified atom stereocenters. The Morgan fingerprint density at radius 2 is 1.75 bits per heavy atom. The molecule has 126 valence electrons. The Morgan fingerprint density at radius 3 is 2.54 bits per heavy atom. The fourth-order valence-corrected chi connectivity index (χ4v) is 3.30. The molecule has 0 bridgehead atoms. The highest BCUT2D eigenvalue weighted by Crippen LogP contribution is 2.22. The maximum atomic E-state index is 12.2. The van der Waals surface area contributed by atoms with Crippen LogP contribution in [0.15, 0.2) is 47.3 Å². The third-order valence-corrected chi connectivity index (χ3v) is 4.61. The Kier molecular flexibility index (Phi) is 5.19. The fraction of sp³-hybridized carbons (Fsp3) is 0.316. The van der Waals surface area contributed by atoms with E-state index in [9.17, 15) is 4.79 Å². The molecule has 0 aliphatic carbocycles. The van der Waals surface area contributed by atoms with E-state index >= 15 is 0 Å². The summed E-state index contributed by atoms with van der Waals surface area (Å²) in [5.74, 6) is 0. The highest BCUT2D eigenvalue weighted by molar-refractivity contribution is 6.05. The van der Waals surface area contributed by atoms with E-state index in [1.807, 2.05) is 24.3 Å². The van der Waals surface area contributed by atoms with E-state index in [2.05, 4.69) is 28.1 Å². The second-order valence-corrected chi connectivity index (χ2v) is 6.08. The van der Waals surface area contributed by atoms with Crippen molar-refractivity contribution in [2.24, 2.45) is 0 Å². The molecular formula is C19H21ClN2O2. The van der Waals surface area contributed by atoms with Crippen molar-refractivity contribution in [1.82, 2.24) is 9.88 Å². The molecule has 0 radical (unpaired) electrons. The molecule has 2 aromatic carbocycles. The Hall–Kier alpha value is -1.88. The molecule has 0 saturated carbocycles. The van der Waals surface area contributed by atoms with E-state index < -0.39 is 0 Å². The number of aromatic nitrogens is 1. The lowest BCUT2D eigenvalue weighted by molar-refractivity contribution is 0.0384. The highest BCUT2D eigenvalue weighted by Gasteiger charge is 2.10. The van der Waals surface area contributed by atoms with Gasteiger partial charge in [0.15, 0.2) is 0 Å². The summed E-state index contributed by atoms with van der Waals surface area (Å²) in [5, 5.41) is 2.88. The number of morpholine rings is 1. The molecule has 4 nitrogen and oxygen atoms in total. The predicted octanol–water partition coefficient (Wildman–Crippen LogP) is 2.98. The molecule has 1 aliphatic heterocycles. The summed E-state index contributed by atoms with van der Waals surface area (Å²) in [4.78, 5) is 17.7. The van der Waals surface area contributed by atoms with Crippen LogP contribution in [0.25, 0.3) is 21.7 Å². The first kappa shape index (κ1) is 17.0. The number of benzene rings is 2. The van der Waals surface area contributed by atoms with Crippen molar-refractivity contribution in [3.05, 3.63) is 58.4 Å². The van der Waals surface area contributed by atoms with Crippen LogP contribution < -0.4 is 5.56 Å². The minimum Gasteiger partial charge on any atom is -0.379 e. The summed E-state index contributed by atoms with van der Waals surface area (Å²) in [6.07, 6.45) is 0.991. The smallest absolute Gasteiger partial charge is 0.256 e. The van der Waals surface area contributed by atoms with E-state index in [0.717, 1.165) is 60.9 Å². The van der Waals surface area contributed by atoms with Gasteiger partial charge in [-0.1, -0.05) is 30.3 Å². The number of nitrogens with zero attached hydrogens (tertiary/aromatic N) is 1. The second kappa shape index (κ2) is 7.34. The zero-order chi connectivity index (χ0) is 15.6. The molecule has 1 fully saturated rings. The molecule has 4 rings (SSSR count). The predicted molar refractivity (Wildman–Crippen MR) is 100 cm³/mol. The van der Waals surface area contributed by atoms with Gasteiger partial charge in [0.25, 0.3) is 5.56 Å². The van der Waals surface area contributed by atoms with E-state index in [1.54, 1.807) is 0 Å². The fourth-order valence-electron chi connectivity index (χ4n) is 3.30. The average Bonchev–Trinajstić information content (AvgIpc) is 2.61. The molecular weight excluding hydrogens is 324 g/mol. The summed E-state index contributed by atoms with van der Waals surface area (Å²) in [7, 11) is 0. The maximum absolute atomic E-state index is 12.2. The lowest BCUT2D eigenvalue weighted by atomic mass is 10.0. The van der Waals surface area contributed by atoms with Gasteiger partial charge in [-0.15, -0.1) is 12.4 Å². The molecule has 5 heteroatoms. The van der Waals surface area contributed by atoms with Crippen molar-refractivity contribution < 1.29 is 4.74 Å². The number of pyridine rings is 1. The van der Waals surface area contributed by atoms with E-state index in [0.29, 0.717) is 0 Å². The minimum atomic E-state index is -0.0153. The standard InChI is InChI=1S/C19H20N2O2.ClH/c22-19-17-4-2-1-3-15(17)16-6-5-14(13-18(16)20-19)7-8-21-9-11-23-12-10-21;/h1-6,13H,7-12H2,(H,20,22);1H. The number of hydrogen-bond donors (Lipinski definition) is 1. The zero-order valence-corrected chi connectivity index (χ0v) is 14.3. The van der Waals surface area contributed by atoms with Crippen molar-refractivity contribution in [3.63, 3.8) is 0 Å².